The molecule has 14 heavy (non-hydrogen) atoms. The molecular weight excluding hydrogens is 188 g/mol. The fraction of sp³-hybridized carbons (Fsp3) is 0.778. The number of aliphatic carboxylic acids is 1. The first-order chi connectivity index (χ1) is 6.23. The van der Waals surface area contributed by atoms with E-state index >= 15 is 0 Å². The Bertz CT molecular complexity index is 217. The van der Waals surface area contributed by atoms with Gasteiger partial charge in [-0.25, -0.2) is 0 Å². The van der Waals surface area contributed by atoms with E-state index in [0.29, 0.717) is 6.42 Å². The largest absolute Gasteiger partial charge is 0.481 e. The van der Waals surface area contributed by atoms with Crippen LogP contribution in [0.15, 0.2) is 0 Å². The van der Waals surface area contributed by atoms with Gasteiger partial charge < -0.3 is 14.9 Å². The van der Waals surface area contributed by atoms with Crippen molar-refractivity contribution in [2.75, 3.05) is 0 Å². The molecule has 1 saturated heterocycles. The summed E-state index contributed by atoms with van der Waals surface area (Å²) in [7, 11) is 0. The minimum absolute atomic E-state index is 0.122. The first-order valence-electron chi connectivity index (χ1n) is 4.34. The van der Waals surface area contributed by atoms with Crippen molar-refractivity contribution in [3.8, 4) is 0 Å². The van der Waals surface area contributed by atoms with Crippen LogP contribution in [0.25, 0.3) is 0 Å². The first kappa shape index (κ1) is 12.9. The molecule has 0 amide bonds. The van der Waals surface area contributed by atoms with Crippen molar-refractivity contribution in [1.29, 1.82) is 0 Å². The molecule has 1 aliphatic heterocycles. The molecule has 0 aromatic rings. The van der Waals surface area contributed by atoms with E-state index in [4.69, 9.17) is 14.6 Å². The molecule has 2 atom stereocenters. The van der Waals surface area contributed by atoms with Crippen molar-refractivity contribution >= 4 is 11.9 Å². The van der Waals surface area contributed by atoms with Gasteiger partial charge in [0, 0.05) is 13.3 Å². The number of carbonyl (C=O) groups is 2. The standard InChI is InChI=1S/C7H12O3.C2H4O2/c1-5-3-7(2,9)4-6(8)10-5;1-2(3)4/h5,9H,3-4H2,1-2H3;1H3,(H,3,4). The summed E-state index contributed by atoms with van der Waals surface area (Å²) in [6.07, 6.45) is 0.520. The van der Waals surface area contributed by atoms with E-state index in [0.717, 1.165) is 6.92 Å². The third-order valence-corrected chi connectivity index (χ3v) is 1.59. The van der Waals surface area contributed by atoms with Gasteiger partial charge in [0.05, 0.1) is 12.0 Å². The molecule has 0 aliphatic carbocycles. The molecule has 1 heterocycles. The predicted octanol–water partition coefficient (Wildman–Crippen LogP) is 0.554. The normalized spacial score (nSPS) is 31.1. The van der Waals surface area contributed by atoms with Crippen molar-refractivity contribution in [3.05, 3.63) is 0 Å². The van der Waals surface area contributed by atoms with Crippen molar-refractivity contribution in [2.24, 2.45) is 0 Å². The zero-order valence-corrected chi connectivity index (χ0v) is 8.61. The molecule has 1 aliphatic rings. The van der Waals surface area contributed by atoms with Gasteiger partial charge in [-0.3, -0.25) is 9.59 Å². The van der Waals surface area contributed by atoms with Gasteiger partial charge in [0.2, 0.25) is 0 Å². The number of ether oxygens (including phenoxy) is 1. The van der Waals surface area contributed by atoms with Crippen LogP contribution < -0.4 is 0 Å². The number of carboxylic acid groups (broad SMARTS) is 1. The highest BCUT2D eigenvalue weighted by molar-refractivity contribution is 5.71. The molecule has 0 aromatic heterocycles. The Morgan fingerprint density at radius 2 is 2.07 bits per heavy atom. The van der Waals surface area contributed by atoms with E-state index in [2.05, 4.69) is 0 Å². The third kappa shape index (κ3) is 6.42. The lowest BCUT2D eigenvalue weighted by molar-refractivity contribution is -0.166. The highest BCUT2D eigenvalue weighted by atomic mass is 16.5. The lowest BCUT2D eigenvalue weighted by Crippen LogP contribution is -2.39. The Morgan fingerprint density at radius 1 is 1.64 bits per heavy atom. The summed E-state index contributed by atoms with van der Waals surface area (Å²) in [5.74, 6) is -1.14. The van der Waals surface area contributed by atoms with Crippen LogP contribution in [0.3, 0.4) is 0 Å². The first-order valence-corrected chi connectivity index (χ1v) is 4.34. The SMILES string of the molecule is CC(=O)O.CC1CC(C)(O)CC(=O)O1. The second-order valence-electron chi connectivity index (χ2n) is 3.70. The summed E-state index contributed by atoms with van der Waals surface area (Å²) in [4.78, 5) is 19.7. The van der Waals surface area contributed by atoms with Gasteiger partial charge in [-0.15, -0.1) is 0 Å². The van der Waals surface area contributed by atoms with Crippen molar-refractivity contribution in [2.45, 2.75) is 45.3 Å². The average molecular weight is 204 g/mol. The van der Waals surface area contributed by atoms with Crippen LogP contribution in [-0.2, 0) is 14.3 Å². The maximum atomic E-state index is 10.7. The smallest absolute Gasteiger partial charge is 0.308 e. The van der Waals surface area contributed by atoms with E-state index in [-0.39, 0.29) is 18.5 Å². The van der Waals surface area contributed by atoms with Crippen LogP contribution in [0.4, 0.5) is 0 Å². The Balaban J connectivity index is 0.000000364. The average Bonchev–Trinajstić information content (AvgIpc) is 1.76. The molecule has 5 heteroatoms. The lowest BCUT2D eigenvalue weighted by atomic mass is 9.93. The Morgan fingerprint density at radius 3 is 2.36 bits per heavy atom. The number of esters is 1. The maximum Gasteiger partial charge on any atom is 0.308 e. The highest BCUT2D eigenvalue weighted by Gasteiger charge is 2.33. The van der Waals surface area contributed by atoms with Gasteiger partial charge in [0.15, 0.2) is 0 Å². The van der Waals surface area contributed by atoms with Crippen LogP contribution in [0.1, 0.15) is 33.6 Å². The minimum atomic E-state index is -0.852. The van der Waals surface area contributed by atoms with Gasteiger partial charge in [0.1, 0.15) is 6.10 Å². The molecule has 1 rings (SSSR count). The Kier molecular flexibility index (Phi) is 4.56. The van der Waals surface area contributed by atoms with E-state index in [1.54, 1.807) is 13.8 Å². The van der Waals surface area contributed by atoms with Crippen molar-refractivity contribution < 1.29 is 24.5 Å². The van der Waals surface area contributed by atoms with Gasteiger partial charge in [-0.2, -0.15) is 0 Å². The molecule has 2 unspecified atom stereocenters. The fourth-order valence-electron chi connectivity index (χ4n) is 1.31. The summed E-state index contributed by atoms with van der Waals surface area (Å²) in [6, 6.07) is 0. The zero-order chi connectivity index (χ0) is 11.4. The number of cyclic esters (lactones) is 1. The Labute approximate surface area is 82.7 Å². The number of hydrogen-bond acceptors (Lipinski definition) is 4. The minimum Gasteiger partial charge on any atom is -0.481 e. The zero-order valence-electron chi connectivity index (χ0n) is 8.61. The predicted molar refractivity (Wildman–Crippen MR) is 48.7 cm³/mol. The molecule has 0 bridgehead atoms. The molecule has 82 valence electrons. The number of aliphatic hydroxyl groups is 1. The Hall–Kier alpha value is -1.10. The van der Waals surface area contributed by atoms with Crippen molar-refractivity contribution in [3.63, 3.8) is 0 Å². The third-order valence-electron chi connectivity index (χ3n) is 1.59. The van der Waals surface area contributed by atoms with Crippen LogP contribution in [-0.4, -0.2) is 33.9 Å². The monoisotopic (exact) mass is 204 g/mol. The molecule has 5 nitrogen and oxygen atoms in total. The molecule has 0 aromatic carbocycles. The summed E-state index contributed by atoms with van der Waals surface area (Å²) in [5.41, 5.74) is -0.852. The van der Waals surface area contributed by atoms with E-state index in [9.17, 15) is 9.90 Å². The summed E-state index contributed by atoms with van der Waals surface area (Å²) < 4.78 is 4.82. The number of rotatable bonds is 0. The second-order valence-corrected chi connectivity index (χ2v) is 3.70. The second kappa shape index (κ2) is 4.95. The van der Waals surface area contributed by atoms with Gasteiger partial charge in [-0.1, -0.05) is 0 Å². The van der Waals surface area contributed by atoms with E-state index < -0.39 is 11.6 Å². The van der Waals surface area contributed by atoms with Crippen LogP contribution in [0.5, 0.6) is 0 Å². The van der Waals surface area contributed by atoms with Gasteiger partial charge in [0.25, 0.3) is 5.97 Å². The molecule has 0 radical (unpaired) electrons. The number of carboxylic acids is 1. The molecular formula is C9H16O5. The quantitative estimate of drug-likeness (QED) is 0.563. The molecule has 2 N–H and O–H groups in total. The van der Waals surface area contributed by atoms with E-state index in [1.807, 2.05) is 0 Å². The highest BCUT2D eigenvalue weighted by Crippen LogP contribution is 2.24. The summed E-state index contributed by atoms with van der Waals surface area (Å²) in [5, 5.41) is 16.8. The molecule has 0 spiro atoms. The van der Waals surface area contributed by atoms with Crippen LogP contribution in [0, 0.1) is 0 Å². The molecule has 0 saturated carbocycles. The fourth-order valence-corrected chi connectivity index (χ4v) is 1.31. The van der Waals surface area contributed by atoms with E-state index in [1.165, 1.54) is 0 Å². The van der Waals surface area contributed by atoms with Crippen LogP contribution >= 0.6 is 0 Å². The number of hydrogen-bond donors (Lipinski definition) is 2. The lowest BCUT2D eigenvalue weighted by Gasteiger charge is -2.31. The van der Waals surface area contributed by atoms with Gasteiger partial charge >= 0.3 is 5.97 Å². The van der Waals surface area contributed by atoms with Crippen molar-refractivity contribution in [1.82, 2.24) is 0 Å². The van der Waals surface area contributed by atoms with Gasteiger partial charge in [-0.05, 0) is 13.8 Å². The maximum absolute atomic E-state index is 10.7. The summed E-state index contributed by atoms with van der Waals surface area (Å²) >= 11 is 0. The van der Waals surface area contributed by atoms with Crippen LogP contribution in [0.2, 0.25) is 0 Å². The topological polar surface area (TPSA) is 83.8 Å². The summed E-state index contributed by atoms with van der Waals surface area (Å²) in [6.45, 7) is 4.52. The molecule has 1 fully saturated rings. The number of carbonyl (C=O) groups excluding carboxylic acids is 1.